The summed E-state index contributed by atoms with van der Waals surface area (Å²) in [6.07, 6.45) is 8.56. The third-order valence-electron chi connectivity index (χ3n) is 24.0. The highest BCUT2D eigenvalue weighted by molar-refractivity contribution is 7.81. The second-order valence-electron chi connectivity index (χ2n) is 28.3. The molecule has 0 amide bonds. The van der Waals surface area contributed by atoms with Crippen LogP contribution in [0.2, 0.25) is 0 Å². The molecule has 8 saturated carbocycles. The quantitative estimate of drug-likeness (QED) is 0.0584. The maximum Gasteiger partial charge on any atom is 0.397 e. The number of fused-ring (bicyclic) bond motifs is 10. The van der Waals surface area contributed by atoms with Crippen LogP contribution in [0.3, 0.4) is 0 Å². The van der Waals surface area contributed by atoms with Crippen LogP contribution in [-0.2, 0) is 72.9 Å². The van der Waals surface area contributed by atoms with E-state index in [9.17, 15) is 70.0 Å². The van der Waals surface area contributed by atoms with Crippen molar-refractivity contribution in [3.63, 3.8) is 0 Å². The Morgan fingerprint density at radius 3 is 1.44 bits per heavy atom. The van der Waals surface area contributed by atoms with Crippen molar-refractivity contribution in [2.45, 2.75) is 202 Å². The maximum atomic E-state index is 12.4. The van der Waals surface area contributed by atoms with Crippen LogP contribution in [0, 0.1) is 110 Å². The first-order chi connectivity index (χ1) is 36.6. The van der Waals surface area contributed by atoms with Crippen LogP contribution >= 0.6 is 0 Å². The van der Waals surface area contributed by atoms with Gasteiger partial charge in [-0.1, -0.05) is 79.2 Å². The van der Waals surface area contributed by atoms with Crippen molar-refractivity contribution in [1.82, 2.24) is 0 Å². The number of hydrogen-bond donors (Lipinski definition) is 6. The standard InChI is InChI=1S/C54H88O21S5/c1-29(35-14-16-39-34-23-46(72-77(59,60)61)43-25-47(73-78(62,63)64)49(75-80(68,69)70)28-54(43,9)41(34)19-21-51(35,39)6)10-12-32-31(3)26-50(4,5)37(32)13-11-30(2)36-15-17-38-33-22-45(71-76(56,57)58)42-24-44(55)48(74-79(65,66)67)27-53(42,8)40(33)18-20-52(36,38)7/h11,13,26,29-30,32-49,55H,10,12,14-25,27-28H2,1-9H3,(H,56,57,58)(H,59,60,61)(H,62,63,64)(H,65,66,67)(H,68,69,70)/b13-11-/t29-,30-,32+,33+,34+,35-,36-,37+,38+,39+,40+,41+,42-,43-,44+,45+,46+,47+,48+,49+,51-,52-,53-,54-/m1/s1. The Morgan fingerprint density at radius 1 is 0.525 bits per heavy atom. The van der Waals surface area contributed by atoms with Gasteiger partial charge in [0.1, 0.15) is 18.3 Å². The first kappa shape index (κ1) is 63.3. The topological polar surface area (TPSA) is 338 Å². The van der Waals surface area contributed by atoms with Gasteiger partial charge in [-0.25, -0.2) is 20.9 Å². The molecular formula is C54H88O21S5. The van der Waals surface area contributed by atoms with Gasteiger partial charge in [0.15, 0.2) is 0 Å². The predicted molar refractivity (Wildman–Crippen MR) is 291 cm³/mol. The van der Waals surface area contributed by atoms with E-state index in [1.807, 2.05) is 13.8 Å². The fraction of sp³-hybridized carbons (Fsp3) is 0.926. The summed E-state index contributed by atoms with van der Waals surface area (Å²) >= 11 is 0. The highest BCUT2D eigenvalue weighted by Crippen LogP contribution is 2.71. The smallest absolute Gasteiger partial charge is 0.390 e. The summed E-state index contributed by atoms with van der Waals surface area (Å²) in [4.78, 5) is 0. The Bertz CT molecular complexity index is 2990. The molecule has 0 aliphatic heterocycles. The summed E-state index contributed by atoms with van der Waals surface area (Å²) in [5, 5.41) is 11.0. The fourth-order valence-corrected chi connectivity index (χ4v) is 23.7. The van der Waals surface area contributed by atoms with E-state index in [2.05, 4.69) is 66.7 Å². The van der Waals surface area contributed by atoms with Crippen molar-refractivity contribution >= 4 is 52.0 Å². The minimum atomic E-state index is -5.15. The van der Waals surface area contributed by atoms with Crippen molar-refractivity contribution in [2.24, 2.45) is 110 Å². The third kappa shape index (κ3) is 12.4. The Balaban J connectivity index is 0.888. The SMILES string of the molecule is CC1=CC(C)(C)[C@@H](/C=C\[C@@H](C)[C@H]2CC[C@H]3[C@@H]4C[C@H](OS(=O)(=O)O)[C@H]5C[C@H](O)[C@@H](OS(=O)(=O)O)C[C@]5(C)[C@H]4CC[C@]23C)[C@H]1CC[C@@H](C)[C@H]1CC[C@H]2[C@@H]3C[C@H](OS(=O)(=O)O)[C@H]4C[C@H](OS(=O)(=O)O)[C@@H](OS(=O)(=O)O)C[C@]4(C)[C@H]3CC[C@]12C. The van der Waals surface area contributed by atoms with Crippen molar-refractivity contribution in [1.29, 1.82) is 0 Å². The molecule has 460 valence electrons. The van der Waals surface area contributed by atoms with Crippen molar-refractivity contribution in [3.05, 3.63) is 23.8 Å². The van der Waals surface area contributed by atoms with Crippen molar-refractivity contribution in [2.75, 3.05) is 0 Å². The Labute approximate surface area is 475 Å². The Morgan fingerprint density at radius 2 is 0.938 bits per heavy atom. The van der Waals surface area contributed by atoms with Gasteiger partial charge in [0.2, 0.25) is 0 Å². The van der Waals surface area contributed by atoms with Crippen LogP contribution in [0.4, 0.5) is 0 Å². The summed E-state index contributed by atoms with van der Waals surface area (Å²) < 4.78 is 196. The van der Waals surface area contributed by atoms with Gasteiger partial charge in [0.25, 0.3) is 0 Å². The van der Waals surface area contributed by atoms with Gasteiger partial charge in [-0.3, -0.25) is 22.8 Å². The molecule has 0 saturated heterocycles. The third-order valence-corrected chi connectivity index (χ3v) is 26.5. The summed E-state index contributed by atoms with van der Waals surface area (Å²) in [6.45, 7) is 20.0. The van der Waals surface area contributed by atoms with Gasteiger partial charge in [-0.05, 0) is 220 Å². The first-order valence-electron chi connectivity index (χ1n) is 28.9. The van der Waals surface area contributed by atoms with E-state index >= 15 is 0 Å². The molecule has 0 aromatic rings. The lowest BCUT2D eigenvalue weighted by atomic mass is 9.43. The number of allylic oxidation sites excluding steroid dienone is 4. The van der Waals surface area contributed by atoms with Crippen LogP contribution in [0.1, 0.15) is 165 Å². The minimum absolute atomic E-state index is 0.00923. The van der Waals surface area contributed by atoms with Gasteiger partial charge >= 0.3 is 52.0 Å². The lowest BCUT2D eigenvalue weighted by Crippen LogP contribution is -2.62. The number of aliphatic hydroxyl groups excluding tert-OH is 1. The highest BCUT2D eigenvalue weighted by atomic mass is 32.3. The summed E-state index contributed by atoms with van der Waals surface area (Å²) in [6, 6.07) is 0. The molecule has 9 aliphatic carbocycles. The fourth-order valence-electron chi connectivity index (χ4n) is 21.2. The zero-order valence-corrected chi connectivity index (χ0v) is 51.5. The molecule has 26 heteroatoms. The molecule has 0 spiro atoms. The van der Waals surface area contributed by atoms with E-state index in [0.717, 1.165) is 57.8 Å². The average Bonchev–Trinajstić information content (AvgIpc) is 4.07. The van der Waals surface area contributed by atoms with Crippen molar-refractivity contribution in [3.8, 4) is 0 Å². The summed E-state index contributed by atoms with van der Waals surface area (Å²) in [5.74, 6) is 0.525. The normalized spacial score (nSPS) is 46.6. The molecule has 0 radical (unpaired) electrons. The molecule has 0 unspecified atom stereocenters. The zero-order chi connectivity index (χ0) is 59.1. The van der Waals surface area contributed by atoms with Gasteiger partial charge < -0.3 is 5.11 Å². The number of hydrogen-bond acceptors (Lipinski definition) is 16. The zero-order valence-electron chi connectivity index (χ0n) is 47.4. The van der Waals surface area contributed by atoms with E-state index in [4.69, 9.17) is 20.9 Å². The molecule has 0 heterocycles. The number of rotatable bonds is 17. The summed E-state index contributed by atoms with van der Waals surface area (Å²) in [5.41, 5.74) is -0.655. The molecule has 80 heavy (non-hydrogen) atoms. The van der Waals surface area contributed by atoms with Crippen LogP contribution in [0.15, 0.2) is 23.8 Å². The van der Waals surface area contributed by atoms with Gasteiger partial charge in [0.05, 0.1) is 18.3 Å². The molecule has 21 nitrogen and oxygen atoms in total. The van der Waals surface area contributed by atoms with Crippen LogP contribution in [0.25, 0.3) is 0 Å². The van der Waals surface area contributed by atoms with Gasteiger partial charge in [-0.15, -0.1) is 0 Å². The minimum Gasteiger partial charge on any atom is -0.390 e. The molecule has 0 aromatic carbocycles. The molecule has 6 N–H and O–H groups in total. The van der Waals surface area contributed by atoms with Crippen LogP contribution < -0.4 is 0 Å². The lowest BCUT2D eigenvalue weighted by Gasteiger charge is -2.63. The molecule has 0 bridgehead atoms. The van der Waals surface area contributed by atoms with E-state index in [1.165, 1.54) is 5.57 Å². The highest BCUT2D eigenvalue weighted by Gasteiger charge is 2.67. The van der Waals surface area contributed by atoms with Gasteiger partial charge in [-0.2, -0.15) is 42.1 Å². The maximum absolute atomic E-state index is 12.4. The molecule has 24 atom stereocenters. The monoisotopic (exact) mass is 1230 g/mol. The van der Waals surface area contributed by atoms with Crippen LogP contribution in [0.5, 0.6) is 0 Å². The van der Waals surface area contributed by atoms with Gasteiger partial charge in [0, 0.05) is 0 Å². The molecule has 9 aliphatic rings. The average molecular weight is 1230 g/mol. The molecular weight excluding hydrogens is 1140 g/mol. The Hall–Kier alpha value is -1.21. The molecule has 0 aromatic heterocycles. The van der Waals surface area contributed by atoms with E-state index in [-0.39, 0.29) is 95.7 Å². The first-order valence-corrected chi connectivity index (χ1v) is 35.7. The Kier molecular flexibility index (Phi) is 17.1. The van der Waals surface area contributed by atoms with E-state index in [1.54, 1.807) is 0 Å². The molecule has 9 rings (SSSR count). The number of aliphatic hydroxyl groups is 1. The predicted octanol–water partition coefficient (Wildman–Crippen LogP) is 8.87. The largest absolute Gasteiger partial charge is 0.397 e. The molecule has 8 fully saturated rings. The summed E-state index contributed by atoms with van der Waals surface area (Å²) in [7, 11) is -25.1. The van der Waals surface area contributed by atoms with E-state index < -0.39 is 111 Å². The lowest BCUT2D eigenvalue weighted by molar-refractivity contribution is -0.186. The second-order valence-corrected chi connectivity index (χ2v) is 33.5. The second kappa shape index (κ2) is 21.6. The van der Waals surface area contributed by atoms with Crippen molar-refractivity contribution < 1.29 is 90.9 Å². The van der Waals surface area contributed by atoms with Crippen LogP contribution in [-0.4, -0.2) is 107 Å². The van der Waals surface area contributed by atoms with E-state index in [0.29, 0.717) is 36.5 Å².